The molecular formula is C17H10IN3OS. The van der Waals surface area contributed by atoms with Gasteiger partial charge in [0.05, 0.1) is 4.53 Å². The molecule has 2 aromatic heterocycles. The van der Waals surface area contributed by atoms with Crippen molar-refractivity contribution < 1.29 is 0 Å². The van der Waals surface area contributed by atoms with Crippen molar-refractivity contribution in [2.24, 2.45) is 0 Å². The Morgan fingerprint density at radius 2 is 1.78 bits per heavy atom. The standard InChI is InChI=1S/C17H10IN3OS/c18-13-8-6-11(7-9-13)10-14-16(22)21-17(23-14)19-15(20-21)12-4-2-1-3-5-12/h1-10H/b14-10-. The van der Waals surface area contributed by atoms with E-state index in [1.54, 1.807) is 0 Å². The smallest absolute Gasteiger partial charge is 0.266 e. The molecule has 0 radical (unpaired) electrons. The fourth-order valence-electron chi connectivity index (χ4n) is 2.25. The Kier molecular flexibility index (Phi) is 3.70. The SMILES string of the molecule is O=c1/c(=C/c2ccc(I)cc2)sc2nc(-c3ccccc3)nn12. The molecule has 0 N–H and O–H groups in total. The third-order valence-electron chi connectivity index (χ3n) is 3.38. The van der Waals surface area contributed by atoms with Gasteiger partial charge >= 0.3 is 0 Å². The van der Waals surface area contributed by atoms with E-state index >= 15 is 0 Å². The number of nitrogens with zero attached hydrogens (tertiary/aromatic N) is 3. The maximum absolute atomic E-state index is 12.5. The van der Waals surface area contributed by atoms with Gasteiger partial charge in [-0.25, -0.2) is 0 Å². The first-order valence-corrected chi connectivity index (χ1v) is 8.82. The molecule has 112 valence electrons. The summed E-state index contributed by atoms with van der Waals surface area (Å²) in [6.07, 6.45) is 1.88. The summed E-state index contributed by atoms with van der Waals surface area (Å²) in [5, 5.41) is 4.34. The maximum atomic E-state index is 12.5. The third-order valence-corrected chi connectivity index (χ3v) is 5.06. The molecule has 0 aliphatic heterocycles. The molecule has 0 spiro atoms. The minimum atomic E-state index is -0.127. The highest BCUT2D eigenvalue weighted by molar-refractivity contribution is 14.1. The predicted octanol–water partition coefficient (Wildman–Crippen LogP) is 2.97. The fourth-order valence-corrected chi connectivity index (χ4v) is 3.52. The number of hydrogen-bond acceptors (Lipinski definition) is 4. The summed E-state index contributed by atoms with van der Waals surface area (Å²) in [6, 6.07) is 17.7. The summed E-state index contributed by atoms with van der Waals surface area (Å²) in [5.74, 6) is 0.578. The number of hydrogen-bond donors (Lipinski definition) is 0. The number of rotatable bonds is 2. The Hall–Kier alpha value is -2.06. The number of benzene rings is 2. The maximum Gasteiger partial charge on any atom is 0.291 e. The molecule has 0 bridgehead atoms. The Labute approximate surface area is 149 Å². The van der Waals surface area contributed by atoms with Gasteiger partial charge in [-0.15, -0.1) is 5.10 Å². The van der Waals surface area contributed by atoms with Crippen molar-refractivity contribution in [2.45, 2.75) is 0 Å². The van der Waals surface area contributed by atoms with Crippen LogP contribution in [0.2, 0.25) is 0 Å². The van der Waals surface area contributed by atoms with Gasteiger partial charge < -0.3 is 0 Å². The van der Waals surface area contributed by atoms with Gasteiger partial charge in [0.15, 0.2) is 5.82 Å². The minimum absolute atomic E-state index is 0.127. The van der Waals surface area contributed by atoms with Crippen LogP contribution < -0.4 is 10.1 Å². The van der Waals surface area contributed by atoms with E-state index in [9.17, 15) is 4.79 Å². The van der Waals surface area contributed by atoms with Gasteiger partial charge in [0.2, 0.25) is 4.96 Å². The van der Waals surface area contributed by atoms with Crippen LogP contribution in [0, 0.1) is 3.57 Å². The van der Waals surface area contributed by atoms with Gasteiger partial charge in [-0.2, -0.15) is 9.50 Å². The van der Waals surface area contributed by atoms with Gasteiger partial charge in [-0.1, -0.05) is 53.8 Å². The van der Waals surface area contributed by atoms with E-state index in [4.69, 9.17) is 0 Å². The van der Waals surface area contributed by atoms with Crippen LogP contribution in [-0.4, -0.2) is 14.6 Å². The second kappa shape index (κ2) is 5.86. The van der Waals surface area contributed by atoms with Crippen LogP contribution >= 0.6 is 33.9 Å². The largest absolute Gasteiger partial charge is 0.291 e. The Bertz CT molecular complexity index is 1080. The molecule has 4 nitrogen and oxygen atoms in total. The molecule has 0 amide bonds. The highest BCUT2D eigenvalue weighted by atomic mass is 127. The van der Waals surface area contributed by atoms with Crippen LogP contribution in [-0.2, 0) is 0 Å². The van der Waals surface area contributed by atoms with E-state index in [0.29, 0.717) is 15.3 Å². The topological polar surface area (TPSA) is 47.3 Å². The number of halogens is 1. The minimum Gasteiger partial charge on any atom is -0.266 e. The van der Waals surface area contributed by atoms with Crippen molar-refractivity contribution in [3.05, 3.63) is 78.6 Å². The number of thiazole rings is 1. The molecular weight excluding hydrogens is 421 g/mol. The Morgan fingerprint density at radius 1 is 1.04 bits per heavy atom. The second-order valence-electron chi connectivity index (χ2n) is 4.96. The molecule has 6 heteroatoms. The summed E-state index contributed by atoms with van der Waals surface area (Å²) in [6.45, 7) is 0. The van der Waals surface area contributed by atoms with Gasteiger partial charge in [-0.05, 0) is 46.4 Å². The van der Waals surface area contributed by atoms with E-state index < -0.39 is 0 Å². The second-order valence-corrected chi connectivity index (χ2v) is 7.22. The van der Waals surface area contributed by atoms with Crippen LogP contribution in [0.5, 0.6) is 0 Å². The van der Waals surface area contributed by atoms with Crippen molar-refractivity contribution in [3.8, 4) is 11.4 Å². The molecule has 4 aromatic rings. The lowest BCUT2D eigenvalue weighted by Gasteiger charge is -1.92. The monoisotopic (exact) mass is 431 g/mol. The predicted molar refractivity (Wildman–Crippen MR) is 101 cm³/mol. The Balaban J connectivity index is 1.82. The van der Waals surface area contributed by atoms with Crippen molar-refractivity contribution in [1.29, 1.82) is 0 Å². The van der Waals surface area contributed by atoms with Crippen LogP contribution in [0.15, 0.2) is 59.4 Å². The van der Waals surface area contributed by atoms with Crippen LogP contribution in [0.3, 0.4) is 0 Å². The van der Waals surface area contributed by atoms with E-state index in [1.165, 1.54) is 15.9 Å². The lowest BCUT2D eigenvalue weighted by molar-refractivity contribution is 0.937. The normalized spacial score (nSPS) is 12.1. The van der Waals surface area contributed by atoms with Gasteiger partial charge in [-0.3, -0.25) is 4.79 Å². The zero-order valence-electron chi connectivity index (χ0n) is 11.8. The average molecular weight is 431 g/mol. The first-order chi connectivity index (χ1) is 11.2. The van der Waals surface area contributed by atoms with E-state index in [2.05, 4.69) is 32.7 Å². The summed E-state index contributed by atoms with van der Waals surface area (Å²) in [5.41, 5.74) is 1.78. The van der Waals surface area contributed by atoms with Gasteiger partial charge in [0, 0.05) is 9.13 Å². The lowest BCUT2D eigenvalue weighted by Crippen LogP contribution is -2.23. The lowest BCUT2D eigenvalue weighted by atomic mass is 10.2. The molecule has 0 fully saturated rings. The Morgan fingerprint density at radius 3 is 2.48 bits per heavy atom. The molecule has 2 aromatic carbocycles. The highest BCUT2D eigenvalue weighted by Gasteiger charge is 2.11. The van der Waals surface area contributed by atoms with Crippen LogP contribution in [0.1, 0.15) is 5.56 Å². The zero-order valence-corrected chi connectivity index (χ0v) is 14.8. The molecule has 0 unspecified atom stereocenters. The molecule has 0 aliphatic carbocycles. The molecule has 0 saturated heterocycles. The highest BCUT2D eigenvalue weighted by Crippen LogP contribution is 2.15. The first-order valence-electron chi connectivity index (χ1n) is 6.93. The zero-order chi connectivity index (χ0) is 15.8. The number of aromatic nitrogens is 3. The van der Waals surface area contributed by atoms with E-state index in [1.807, 2.05) is 60.7 Å². The third kappa shape index (κ3) is 2.79. The number of fused-ring (bicyclic) bond motifs is 1. The molecule has 4 rings (SSSR count). The molecule has 0 atom stereocenters. The molecule has 0 aliphatic rings. The molecule has 23 heavy (non-hydrogen) atoms. The summed E-state index contributed by atoms with van der Waals surface area (Å²) >= 11 is 3.61. The quantitative estimate of drug-likeness (QED) is 0.459. The van der Waals surface area contributed by atoms with E-state index in [0.717, 1.165) is 14.7 Å². The summed E-state index contributed by atoms with van der Waals surface area (Å²) in [4.78, 5) is 17.6. The van der Waals surface area contributed by atoms with Crippen molar-refractivity contribution in [3.63, 3.8) is 0 Å². The van der Waals surface area contributed by atoms with Gasteiger partial charge in [0.1, 0.15) is 0 Å². The van der Waals surface area contributed by atoms with Crippen molar-refractivity contribution >= 4 is 45.0 Å². The van der Waals surface area contributed by atoms with Crippen LogP contribution in [0.4, 0.5) is 0 Å². The summed E-state index contributed by atoms with van der Waals surface area (Å²) < 4.78 is 3.18. The fraction of sp³-hybridized carbons (Fsp3) is 0. The van der Waals surface area contributed by atoms with Crippen LogP contribution in [0.25, 0.3) is 22.4 Å². The molecule has 2 heterocycles. The van der Waals surface area contributed by atoms with Crippen molar-refractivity contribution in [1.82, 2.24) is 14.6 Å². The van der Waals surface area contributed by atoms with E-state index in [-0.39, 0.29) is 5.56 Å². The summed E-state index contributed by atoms with van der Waals surface area (Å²) in [7, 11) is 0. The molecule has 0 saturated carbocycles. The average Bonchev–Trinajstić information content (AvgIpc) is 3.11. The first kappa shape index (κ1) is 14.5. The van der Waals surface area contributed by atoms with Crippen molar-refractivity contribution in [2.75, 3.05) is 0 Å². The van der Waals surface area contributed by atoms with Gasteiger partial charge in [0.25, 0.3) is 5.56 Å².